The predicted octanol–water partition coefficient (Wildman–Crippen LogP) is 3.20. The van der Waals surface area contributed by atoms with Crippen LogP contribution in [0.15, 0.2) is 47.8 Å². The molecule has 2 aromatic heterocycles. The second kappa shape index (κ2) is 6.25. The van der Waals surface area contributed by atoms with Crippen molar-refractivity contribution in [1.82, 2.24) is 9.97 Å². The van der Waals surface area contributed by atoms with Gasteiger partial charge in [0.2, 0.25) is 0 Å². The molecule has 2 rings (SSSR count). The highest BCUT2D eigenvalue weighted by atomic mass is 32.2. The van der Waals surface area contributed by atoms with Crippen molar-refractivity contribution in [2.24, 2.45) is 0 Å². The minimum atomic E-state index is 0.843. The topological polar surface area (TPSA) is 37.8 Å². The van der Waals surface area contributed by atoms with Crippen molar-refractivity contribution in [1.29, 1.82) is 0 Å². The number of nitrogens with one attached hydrogen (secondary N) is 1. The summed E-state index contributed by atoms with van der Waals surface area (Å²) < 4.78 is 0. The number of thioether (sulfide) groups is 1. The van der Waals surface area contributed by atoms with Crippen LogP contribution >= 0.6 is 11.8 Å². The molecule has 0 radical (unpaired) electrons. The average Bonchev–Trinajstić information content (AvgIpc) is 2.39. The van der Waals surface area contributed by atoms with Crippen LogP contribution in [0.2, 0.25) is 0 Å². The number of pyridine rings is 2. The molecule has 0 unspecified atom stereocenters. The lowest BCUT2D eigenvalue weighted by atomic mass is 10.3. The molecule has 0 aliphatic heterocycles. The van der Waals surface area contributed by atoms with E-state index in [1.807, 2.05) is 36.7 Å². The molecule has 4 heteroatoms. The van der Waals surface area contributed by atoms with Gasteiger partial charge in [0.25, 0.3) is 0 Å². The minimum Gasteiger partial charge on any atom is -0.385 e. The second-order valence-electron chi connectivity index (χ2n) is 3.52. The van der Waals surface area contributed by atoms with Crippen molar-refractivity contribution in [2.45, 2.75) is 17.7 Å². The summed E-state index contributed by atoms with van der Waals surface area (Å²) in [5.74, 6) is 0.843. The van der Waals surface area contributed by atoms with Gasteiger partial charge in [-0.2, -0.15) is 0 Å². The largest absolute Gasteiger partial charge is 0.385 e. The Kier molecular flexibility index (Phi) is 4.38. The first-order valence-electron chi connectivity index (χ1n) is 5.61. The van der Waals surface area contributed by atoms with Crippen LogP contribution in [0, 0.1) is 0 Å². The zero-order valence-electron chi connectivity index (χ0n) is 9.76. The molecule has 0 aliphatic rings. The third kappa shape index (κ3) is 3.75. The van der Waals surface area contributed by atoms with Gasteiger partial charge in [0.1, 0.15) is 0 Å². The Morgan fingerprint density at radius 1 is 1.18 bits per heavy atom. The Balaban J connectivity index is 1.97. The molecule has 0 atom stereocenters. The molecular weight excluding hydrogens is 230 g/mol. The molecule has 0 aliphatic carbocycles. The number of hydrogen-bond donors (Lipinski definition) is 1. The third-order valence-corrected chi connectivity index (χ3v) is 3.18. The summed E-state index contributed by atoms with van der Waals surface area (Å²) in [6.07, 6.45) is 3.65. The van der Waals surface area contributed by atoms with E-state index in [0.29, 0.717) is 0 Å². The SMILES string of the molecule is CCNc1ccnc(CSc2ccccn2)c1. The van der Waals surface area contributed by atoms with Crippen LogP contribution in [0.4, 0.5) is 5.69 Å². The van der Waals surface area contributed by atoms with Crippen LogP contribution in [-0.4, -0.2) is 16.5 Å². The monoisotopic (exact) mass is 245 g/mol. The molecule has 17 heavy (non-hydrogen) atoms. The van der Waals surface area contributed by atoms with Crippen molar-refractivity contribution in [2.75, 3.05) is 11.9 Å². The van der Waals surface area contributed by atoms with Crippen LogP contribution in [-0.2, 0) is 5.75 Å². The lowest BCUT2D eigenvalue weighted by Crippen LogP contribution is -1.97. The summed E-state index contributed by atoms with van der Waals surface area (Å²) in [6.45, 7) is 3.01. The second-order valence-corrected chi connectivity index (χ2v) is 4.52. The molecule has 88 valence electrons. The van der Waals surface area contributed by atoms with E-state index in [9.17, 15) is 0 Å². The number of hydrogen-bond acceptors (Lipinski definition) is 4. The molecule has 0 saturated carbocycles. The standard InChI is InChI=1S/C13H15N3S/c1-2-14-11-6-8-15-12(9-11)10-17-13-5-3-4-7-16-13/h3-9H,2,10H2,1H3,(H,14,15). The van der Waals surface area contributed by atoms with Gasteiger partial charge in [0.05, 0.1) is 10.7 Å². The molecule has 0 aromatic carbocycles. The fourth-order valence-corrected chi connectivity index (χ4v) is 2.22. The fourth-order valence-electron chi connectivity index (χ4n) is 1.45. The predicted molar refractivity (Wildman–Crippen MR) is 72.2 cm³/mol. The maximum Gasteiger partial charge on any atom is 0.0963 e. The zero-order chi connectivity index (χ0) is 11.9. The lowest BCUT2D eigenvalue weighted by Gasteiger charge is -2.05. The number of aromatic nitrogens is 2. The molecule has 1 N–H and O–H groups in total. The summed E-state index contributed by atoms with van der Waals surface area (Å²) in [6, 6.07) is 10.0. The van der Waals surface area contributed by atoms with Crippen molar-refractivity contribution < 1.29 is 0 Å². The Bertz CT molecular complexity index is 459. The molecule has 3 nitrogen and oxygen atoms in total. The Hall–Kier alpha value is -1.55. The van der Waals surface area contributed by atoms with Crippen LogP contribution in [0.25, 0.3) is 0 Å². The molecule has 0 fully saturated rings. The molecular formula is C13H15N3S. The lowest BCUT2D eigenvalue weighted by molar-refractivity contribution is 1.11. The number of nitrogens with zero attached hydrogens (tertiary/aromatic N) is 2. The Morgan fingerprint density at radius 3 is 2.88 bits per heavy atom. The molecule has 0 amide bonds. The van der Waals surface area contributed by atoms with Gasteiger partial charge in [-0.1, -0.05) is 6.07 Å². The normalized spacial score (nSPS) is 10.2. The van der Waals surface area contributed by atoms with Crippen LogP contribution in [0.1, 0.15) is 12.6 Å². The van der Waals surface area contributed by atoms with Crippen molar-refractivity contribution in [3.8, 4) is 0 Å². The summed E-state index contributed by atoms with van der Waals surface area (Å²) in [7, 11) is 0. The van der Waals surface area contributed by atoms with E-state index in [-0.39, 0.29) is 0 Å². The van der Waals surface area contributed by atoms with Crippen molar-refractivity contribution >= 4 is 17.4 Å². The summed E-state index contributed by atoms with van der Waals surface area (Å²) in [5, 5.41) is 4.31. The highest BCUT2D eigenvalue weighted by molar-refractivity contribution is 7.98. The quantitative estimate of drug-likeness (QED) is 0.821. The van der Waals surface area contributed by atoms with Crippen molar-refractivity contribution in [3.63, 3.8) is 0 Å². The minimum absolute atomic E-state index is 0.843. The molecule has 0 spiro atoms. The first-order chi connectivity index (χ1) is 8.38. The number of anilines is 1. The molecule has 2 aromatic rings. The van der Waals surface area contributed by atoms with E-state index < -0.39 is 0 Å². The van der Waals surface area contributed by atoms with Crippen LogP contribution < -0.4 is 5.32 Å². The van der Waals surface area contributed by atoms with Gasteiger partial charge in [-0.25, -0.2) is 4.98 Å². The summed E-state index contributed by atoms with van der Waals surface area (Å²) >= 11 is 1.70. The van der Waals surface area contributed by atoms with Gasteiger partial charge in [-0.3, -0.25) is 4.98 Å². The van der Waals surface area contributed by atoms with E-state index in [0.717, 1.165) is 28.7 Å². The van der Waals surface area contributed by atoms with E-state index in [2.05, 4.69) is 28.3 Å². The first-order valence-corrected chi connectivity index (χ1v) is 6.59. The van der Waals surface area contributed by atoms with Crippen molar-refractivity contribution in [3.05, 3.63) is 48.4 Å². The van der Waals surface area contributed by atoms with Gasteiger partial charge < -0.3 is 5.32 Å². The maximum absolute atomic E-state index is 4.35. The van der Waals surface area contributed by atoms with Gasteiger partial charge in [0, 0.05) is 30.4 Å². The smallest absolute Gasteiger partial charge is 0.0963 e. The van der Waals surface area contributed by atoms with E-state index >= 15 is 0 Å². The van der Waals surface area contributed by atoms with E-state index in [4.69, 9.17) is 0 Å². The highest BCUT2D eigenvalue weighted by Gasteiger charge is 1.99. The Labute approximate surface area is 106 Å². The highest BCUT2D eigenvalue weighted by Crippen LogP contribution is 2.20. The van der Waals surface area contributed by atoms with Gasteiger partial charge in [0.15, 0.2) is 0 Å². The van der Waals surface area contributed by atoms with Gasteiger partial charge in [-0.05, 0) is 31.2 Å². The maximum atomic E-state index is 4.35. The van der Waals surface area contributed by atoms with Gasteiger partial charge in [-0.15, -0.1) is 11.8 Å². The van der Waals surface area contributed by atoms with E-state index in [1.54, 1.807) is 11.8 Å². The first kappa shape index (κ1) is 11.9. The number of rotatable bonds is 5. The van der Waals surface area contributed by atoms with E-state index in [1.165, 1.54) is 0 Å². The zero-order valence-corrected chi connectivity index (χ0v) is 10.6. The van der Waals surface area contributed by atoms with Crippen LogP contribution in [0.5, 0.6) is 0 Å². The average molecular weight is 245 g/mol. The third-order valence-electron chi connectivity index (χ3n) is 2.20. The fraction of sp³-hybridized carbons (Fsp3) is 0.231. The van der Waals surface area contributed by atoms with Gasteiger partial charge >= 0.3 is 0 Å². The summed E-state index contributed by atoms with van der Waals surface area (Å²) in [5.41, 5.74) is 2.19. The Morgan fingerprint density at radius 2 is 2.12 bits per heavy atom. The van der Waals surface area contributed by atoms with Crippen LogP contribution in [0.3, 0.4) is 0 Å². The molecule has 2 heterocycles. The summed E-state index contributed by atoms with van der Waals surface area (Å²) in [4.78, 5) is 8.62. The molecule has 0 bridgehead atoms. The molecule has 0 saturated heterocycles.